The molecule has 0 fully saturated rings. The van der Waals surface area contributed by atoms with Crippen LogP contribution in [0.15, 0.2) is 54.1 Å². The third-order valence-electron chi connectivity index (χ3n) is 2.51. The summed E-state index contributed by atoms with van der Waals surface area (Å²) in [6.45, 7) is 0. The number of rotatable bonds is 3. The van der Waals surface area contributed by atoms with Crippen LogP contribution in [0.25, 0.3) is 0 Å². The average molecular weight is 183 g/mol. The van der Waals surface area contributed by atoms with E-state index in [1.54, 1.807) is 0 Å². The molecule has 0 atom stereocenters. The molecule has 0 N–H and O–H groups in total. The molecule has 2 rings (SSSR count). The van der Waals surface area contributed by atoms with Gasteiger partial charge in [0.2, 0.25) is 0 Å². The Hall–Kier alpha value is -1.30. The lowest BCUT2D eigenvalue weighted by molar-refractivity contribution is 0.928. The fraction of sp³-hybridized carbons (Fsp3) is 0.214. The van der Waals surface area contributed by atoms with Crippen LogP contribution in [-0.2, 0) is 6.42 Å². The van der Waals surface area contributed by atoms with Crippen LogP contribution in [0, 0.1) is 6.42 Å². The normalized spacial score (nSPS) is 15.3. The molecule has 0 amide bonds. The molecule has 0 saturated heterocycles. The van der Waals surface area contributed by atoms with Crippen LogP contribution >= 0.6 is 0 Å². The lowest BCUT2D eigenvalue weighted by atomic mass is 9.98. The zero-order chi connectivity index (χ0) is 9.64. The van der Waals surface area contributed by atoms with Crippen LogP contribution in [0.5, 0.6) is 0 Å². The molecule has 0 heteroatoms. The molecule has 71 valence electrons. The highest BCUT2D eigenvalue weighted by molar-refractivity contribution is 5.27. The van der Waals surface area contributed by atoms with E-state index >= 15 is 0 Å². The topological polar surface area (TPSA) is 0 Å². The average Bonchev–Trinajstić information content (AvgIpc) is 2.29. The molecule has 1 aliphatic carbocycles. The Bertz CT molecular complexity index is 330. The van der Waals surface area contributed by atoms with E-state index in [2.05, 4.69) is 55.0 Å². The third kappa shape index (κ3) is 2.59. The summed E-state index contributed by atoms with van der Waals surface area (Å²) >= 11 is 0. The smallest absolute Gasteiger partial charge is 0.00966 e. The molecule has 0 spiro atoms. The molecule has 0 saturated carbocycles. The minimum absolute atomic E-state index is 1.10. The summed E-state index contributed by atoms with van der Waals surface area (Å²) in [5.74, 6) is 0. The first-order valence-electron chi connectivity index (χ1n) is 5.18. The molecular formula is C14H15. The summed E-state index contributed by atoms with van der Waals surface area (Å²) in [7, 11) is 0. The van der Waals surface area contributed by atoms with Crippen LogP contribution in [-0.4, -0.2) is 0 Å². The Labute approximate surface area is 86.0 Å². The largest absolute Gasteiger partial charge is 0.0839 e. The second-order valence-corrected chi connectivity index (χ2v) is 3.60. The maximum absolute atomic E-state index is 2.31. The van der Waals surface area contributed by atoms with E-state index < -0.39 is 0 Å². The summed E-state index contributed by atoms with van der Waals surface area (Å²) < 4.78 is 0. The van der Waals surface area contributed by atoms with Crippen LogP contribution in [0.1, 0.15) is 18.4 Å². The predicted octanol–water partition coefficient (Wildman–Crippen LogP) is 3.71. The molecule has 1 aliphatic rings. The number of hydrogen-bond acceptors (Lipinski definition) is 0. The quantitative estimate of drug-likeness (QED) is 0.670. The van der Waals surface area contributed by atoms with Gasteiger partial charge in [-0.15, -0.1) is 0 Å². The van der Waals surface area contributed by atoms with Gasteiger partial charge in [0.15, 0.2) is 0 Å². The highest BCUT2D eigenvalue weighted by Crippen LogP contribution is 2.16. The lowest BCUT2D eigenvalue weighted by Gasteiger charge is -2.08. The third-order valence-corrected chi connectivity index (χ3v) is 2.51. The van der Waals surface area contributed by atoms with Gasteiger partial charge in [0.25, 0.3) is 0 Å². The van der Waals surface area contributed by atoms with Gasteiger partial charge < -0.3 is 0 Å². The molecular weight excluding hydrogens is 168 g/mol. The second kappa shape index (κ2) is 4.80. The van der Waals surface area contributed by atoms with Crippen molar-refractivity contribution in [2.45, 2.75) is 19.3 Å². The van der Waals surface area contributed by atoms with Crippen molar-refractivity contribution in [3.05, 3.63) is 66.1 Å². The SMILES string of the molecule is [CH]1CC=CC=C1CCc1ccccc1. The molecule has 1 aromatic rings. The van der Waals surface area contributed by atoms with Gasteiger partial charge in [-0.1, -0.05) is 54.1 Å². The number of aryl methyl sites for hydroxylation is 1. The number of allylic oxidation sites excluding steroid dienone is 4. The Balaban J connectivity index is 1.88. The van der Waals surface area contributed by atoms with Crippen molar-refractivity contribution in [3.63, 3.8) is 0 Å². The van der Waals surface area contributed by atoms with E-state index in [-0.39, 0.29) is 0 Å². The first kappa shape index (κ1) is 9.26. The monoisotopic (exact) mass is 183 g/mol. The van der Waals surface area contributed by atoms with Gasteiger partial charge in [-0.3, -0.25) is 0 Å². The number of hydrogen-bond donors (Lipinski definition) is 0. The van der Waals surface area contributed by atoms with Gasteiger partial charge in [-0.05, 0) is 31.2 Å². The van der Waals surface area contributed by atoms with E-state index in [4.69, 9.17) is 0 Å². The molecule has 0 nitrogen and oxygen atoms in total. The van der Waals surface area contributed by atoms with Gasteiger partial charge in [-0.25, -0.2) is 0 Å². The Kier molecular flexibility index (Phi) is 3.18. The lowest BCUT2D eigenvalue weighted by Crippen LogP contribution is -1.92. The summed E-state index contributed by atoms with van der Waals surface area (Å²) in [5.41, 5.74) is 2.90. The van der Waals surface area contributed by atoms with E-state index in [1.807, 2.05) is 0 Å². The van der Waals surface area contributed by atoms with Gasteiger partial charge >= 0.3 is 0 Å². The minimum atomic E-state index is 1.10. The Morgan fingerprint density at radius 3 is 2.57 bits per heavy atom. The molecule has 0 bridgehead atoms. The van der Waals surface area contributed by atoms with Crippen molar-refractivity contribution in [1.82, 2.24) is 0 Å². The van der Waals surface area contributed by atoms with Crippen molar-refractivity contribution in [2.75, 3.05) is 0 Å². The summed E-state index contributed by atoms with van der Waals surface area (Å²) in [4.78, 5) is 0. The van der Waals surface area contributed by atoms with Crippen LogP contribution in [0.4, 0.5) is 0 Å². The molecule has 0 heterocycles. The summed E-state index contributed by atoms with van der Waals surface area (Å²) in [6.07, 6.45) is 12.3. The first-order valence-corrected chi connectivity index (χ1v) is 5.18. The van der Waals surface area contributed by atoms with Crippen molar-refractivity contribution < 1.29 is 0 Å². The minimum Gasteiger partial charge on any atom is -0.0839 e. The van der Waals surface area contributed by atoms with Gasteiger partial charge in [0, 0.05) is 0 Å². The van der Waals surface area contributed by atoms with E-state index in [0.29, 0.717) is 0 Å². The van der Waals surface area contributed by atoms with Crippen molar-refractivity contribution in [3.8, 4) is 0 Å². The summed E-state index contributed by atoms with van der Waals surface area (Å²) in [6, 6.07) is 10.7. The first-order chi connectivity index (χ1) is 6.95. The molecule has 0 aliphatic heterocycles. The molecule has 0 aromatic heterocycles. The van der Waals surface area contributed by atoms with Gasteiger partial charge in [0.05, 0.1) is 0 Å². The molecule has 1 aromatic carbocycles. The van der Waals surface area contributed by atoms with Crippen LogP contribution < -0.4 is 0 Å². The zero-order valence-electron chi connectivity index (χ0n) is 8.32. The maximum atomic E-state index is 2.31. The van der Waals surface area contributed by atoms with E-state index in [9.17, 15) is 0 Å². The Morgan fingerprint density at radius 1 is 1.00 bits per heavy atom. The van der Waals surface area contributed by atoms with E-state index in [0.717, 1.165) is 19.3 Å². The fourth-order valence-corrected chi connectivity index (χ4v) is 1.68. The Morgan fingerprint density at radius 2 is 1.86 bits per heavy atom. The van der Waals surface area contributed by atoms with Crippen LogP contribution in [0.3, 0.4) is 0 Å². The standard InChI is InChI=1S/C14H15/c1-3-7-13(8-4-1)11-12-14-9-5-2-6-10-14/h1-5,7-10H,6,11-12H2. The highest BCUT2D eigenvalue weighted by Gasteiger charge is 2.00. The molecule has 14 heavy (non-hydrogen) atoms. The molecule has 1 radical (unpaired) electrons. The predicted molar refractivity (Wildman–Crippen MR) is 60.9 cm³/mol. The van der Waals surface area contributed by atoms with Crippen molar-refractivity contribution in [2.24, 2.45) is 0 Å². The fourth-order valence-electron chi connectivity index (χ4n) is 1.68. The maximum Gasteiger partial charge on any atom is -0.00966 e. The number of benzene rings is 1. The summed E-state index contributed by atoms with van der Waals surface area (Å²) in [5, 5.41) is 0. The van der Waals surface area contributed by atoms with Gasteiger partial charge in [0.1, 0.15) is 0 Å². The van der Waals surface area contributed by atoms with E-state index in [1.165, 1.54) is 11.1 Å². The second-order valence-electron chi connectivity index (χ2n) is 3.60. The van der Waals surface area contributed by atoms with Crippen LogP contribution in [0.2, 0.25) is 0 Å². The zero-order valence-corrected chi connectivity index (χ0v) is 8.32. The van der Waals surface area contributed by atoms with Crippen molar-refractivity contribution in [1.29, 1.82) is 0 Å². The molecule has 0 unspecified atom stereocenters. The van der Waals surface area contributed by atoms with Gasteiger partial charge in [-0.2, -0.15) is 0 Å². The highest BCUT2D eigenvalue weighted by atomic mass is 14.1. The van der Waals surface area contributed by atoms with Crippen molar-refractivity contribution >= 4 is 0 Å².